The molecule has 0 atom stereocenters. The van der Waals surface area contributed by atoms with Crippen molar-refractivity contribution in [3.05, 3.63) is 34.9 Å². The summed E-state index contributed by atoms with van der Waals surface area (Å²) >= 11 is 0. The van der Waals surface area contributed by atoms with Crippen molar-refractivity contribution in [2.24, 2.45) is 5.92 Å². The van der Waals surface area contributed by atoms with Crippen molar-refractivity contribution >= 4 is 5.91 Å². The average molecular weight is 259 g/mol. The third-order valence-electron chi connectivity index (χ3n) is 3.66. The maximum Gasteiger partial charge on any atom is 0.254 e. The second-order valence-corrected chi connectivity index (χ2v) is 6.29. The van der Waals surface area contributed by atoms with Crippen molar-refractivity contribution < 1.29 is 4.79 Å². The molecule has 0 aliphatic heterocycles. The van der Waals surface area contributed by atoms with Crippen LogP contribution in [-0.2, 0) is 0 Å². The average Bonchev–Trinajstić information content (AvgIpc) is 3.11. The van der Waals surface area contributed by atoms with Crippen LogP contribution >= 0.6 is 0 Å². The van der Waals surface area contributed by atoms with Crippen molar-refractivity contribution in [1.29, 1.82) is 0 Å². The molecule has 1 aromatic rings. The highest BCUT2D eigenvalue weighted by Gasteiger charge is 2.32. The van der Waals surface area contributed by atoms with Crippen molar-refractivity contribution in [3.63, 3.8) is 0 Å². The van der Waals surface area contributed by atoms with Gasteiger partial charge < -0.3 is 4.90 Å². The standard InChI is InChI=1S/C17H25NO/c1-12(2)7-8-18(16-5-6-16)17(19)15-10-13(3)9-14(4)11-15/h9-12,16H,5-8H2,1-4H3. The Labute approximate surface area is 116 Å². The van der Waals surface area contributed by atoms with Crippen LogP contribution in [0.15, 0.2) is 18.2 Å². The number of carbonyl (C=O) groups is 1. The number of carbonyl (C=O) groups excluding carboxylic acids is 1. The van der Waals surface area contributed by atoms with E-state index in [1.54, 1.807) is 0 Å². The van der Waals surface area contributed by atoms with Gasteiger partial charge in [0.05, 0.1) is 0 Å². The van der Waals surface area contributed by atoms with E-state index in [0.717, 1.165) is 18.5 Å². The van der Waals surface area contributed by atoms with E-state index in [1.807, 2.05) is 12.1 Å². The first-order valence-electron chi connectivity index (χ1n) is 7.36. The highest BCUT2D eigenvalue weighted by molar-refractivity contribution is 5.95. The molecule has 0 saturated heterocycles. The monoisotopic (exact) mass is 259 g/mol. The molecule has 0 heterocycles. The molecule has 2 rings (SSSR count). The van der Waals surface area contributed by atoms with Gasteiger partial charge in [-0.15, -0.1) is 0 Å². The Bertz CT molecular complexity index is 440. The molecule has 19 heavy (non-hydrogen) atoms. The van der Waals surface area contributed by atoms with Gasteiger partial charge in [-0.3, -0.25) is 4.79 Å². The summed E-state index contributed by atoms with van der Waals surface area (Å²) in [5.41, 5.74) is 3.19. The lowest BCUT2D eigenvalue weighted by Crippen LogP contribution is -2.34. The molecule has 0 radical (unpaired) electrons. The summed E-state index contributed by atoms with van der Waals surface area (Å²) in [6.45, 7) is 9.44. The van der Waals surface area contributed by atoms with Crippen LogP contribution in [-0.4, -0.2) is 23.4 Å². The van der Waals surface area contributed by atoms with E-state index in [2.05, 4.69) is 38.7 Å². The van der Waals surface area contributed by atoms with E-state index < -0.39 is 0 Å². The van der Waals surface area contributed by atoms with E-state index >= 15 is 0 Å². The Morgan fingerprint density at radius 3 is 2.26 bits per heavy atom. The number of hydrogen-bond acceptors (Lipinski definition) is 1. The van der Waals surface area contributed by atoms with Gasteiger partial charge in [-0.2, -0.15) is 0 Å². The highest BCUT2D eigenvalue weighted by atomic mass is 16.2. The Hall–Kier alpha value is -1.31. The van der Waals surface area contributed by atoms with Crippen LogP contribution in [0.3, 0.4) is 0 Å². The van der Waals surface area contributed by atoms with E-state index in [-0.39, 0.29) is 5.91 Å². The summed E-state index contributed by atoms with van der Waals surface area (Å²) in [5, 5.41) is 0. The van der Waals surface area contributed by atoms with Crippen molar-refractivity contribution in [1.82, 2.24) is 4.90 Å². The van der Waals surface area contributed by atoms with E-state index in [9.17, 15) is 4.79 Å². The molecule has 1 saturated carbocycles. The molecule has 1 fully saturated rings. The Morgan fingerprint density at radius 1 is 1.21 bits per heavy atom. The van der Waals surface area contributed by atoms with Crippen molar-refractivity contribution in [2.45, 2.75) is 53.0 Å². The lowest BCUT2D eigenvalue weighted by molar-refractivity contribution is 0.0735. The van der Waals surface area contributed by atoms with Gasteiger partial charge in [0.25, 0.3) is 5.91 Å². The van der Waals surface area contributed by atoms with E-state index in [4.69, 9.17) is 0 Å². The second kappa shape index (κ2) is 5.77. The number of amides is 1. The van der Waals surface area contributed by atoms with Crippen LogP contribution in [0.5, 0.6) is 0 Å². The number of aryl methyl sites for hydroxylation is 2. The molecule has 1 aromatic carbocycles. The van der Waals surface area contributed by atoms with Crippen LogP contribution in [0.4, 0.5) is 0 Å². The third kappa shape index (κ3) is 3.82. The van der Waals surface area contributed by atoms with E-state index in [1.165, 1.54) is 24.0 Å². The predicted octanol–water partition coefficient (Wildman–Crippen LogP) is 3.95. The van der Waals surface area contributed by atoms with Crippen molar-refractivity contribution in [3.8, 4) is 0 Å². The van der Waals surface area contributed by atoms with Crippen molar-refractivity contribution in [2.75, 3.05) is 6.54 Å². The first-order valence-corrected chi connectivity index (χ1v) is 7.36. The smallest absolute Gasteiger partial charge is 0.254 e. The number of benzene rings is 1. The number of nitrogens with zero attached hydrogens (tertiary/aromatic N) is 1. The minimum absolute atomic E-state index is 0.218. The molecule has 0 N–H and O–H groups in total. The van der Waals surface area contributed by atoms with Gasteiger partial charge in [-0.1, -0.05) is 31.0 Å². The fourth-order valence-electron chi connectivity index (χ4n) is 2.50. The van der Waals surface area contributed by atoms with Crippen LogP contribution in [0.1, 0.15) is 54.6 Å². The fraction of sp³-hybridized carbons (Fsp3) is 0.588. The van der Waals surface area contributed by atoms with Gasteiger partial charge >= 0.3 is 0 Å². The molecule has 104 valence electrons. The lowest BCUT2D eigenvalue weighted by atomic mass is 10.1. The summed E-state index contributed by atoms with van der Waals surface area (Å²) in [7, 11) is 0. The Morgan fingerprint density at radius 2 is 1.79 bits per heavy atom. The highest BCUT2D eigenvalue weighted by Crippen LogP contribution is 2.29. The van der Waals surface area contributed by atoms with Crippen LogP contribution in [0.2, 0.25) is 0 Å². The maximum absolute atomic E-state index is 12.7. The number of rotatable bonds is 5. The molecule has 1 aliphatic rings. The van der Waals surface area contributed by atoms with Gasteiger partial charge in [0, 0.05) is 18.2 Å². The molecule has 1 amide bonds. The zero-order valence-electron chi connectivity index (χ0n) is 12.6. The minimum atomic E-state index is 0.218. The predicted molar refractivity (Wildman–Crippen MR) is 79.4 cm³/mol. The largest absolute Gasteiger partial charge is 0.336 e. The molecular formula is C17H25NO. The topological polar surface area (TPSA) is 20.3 Å². The maximum atomic E-state index is 12.7. The summed E-state index contributed by atoms with van der Waals surface area (Å²) < 4.78 is 0. The number of hydrogen-bond donors (Lipinski definition) is 0. The fourth-order valence-corrected chi connectivity index (χ4v) is 2.50. The molecular weight excluding hydrogens is 234 g/mol. The lowest BCUT2D eigenvalue weighted by Gasteiger charge is -2.24. The zero-order chi connectivity index (χ0) is 14.0. The normalized spacial score (nSPS) is 14.8. The quantitative estimate of drug-likeness (QED) is 0.784. The summed E-state index contributed by atoms with van der Waals surface area (Å²) in [6.07, 6.45) is 3.44. The van der Waals surface area contributed by atoms with Crippen LogP contribution < -0.4 is 0 Å². The molecule has 0 aromatic heterocycles. The first kappa shape index (κ1) is 14.1. The summed E-state index contributed by atoms with van der Waals surface area (Å²) in [5.74, 6) is 0.864. The SMILES string of the molecule is Cc1cc(C)cc(C(=O)N(CCC(C)C)C2CC2)c1. The minimum Gasteiger partial charge on any atom is -0.336 e. The molecule has 2 heteroatoms. The van der Waals surface area contributed by atoms with Crippen LogP contribution in [0.25, 0.3) is 0 Å². The van der Waals surface area contributed by atoms with Crippen LogP contribution in [0, 0.1) is 19.8 Å². The van der Waals surface area contributed by atoms with Gasteiger partial charge in [-0.05, 0) is 51.2 Å². The van der Waals surface area contributed by atoms with Gasteiger partial charge in [0.1, 0.15) is 0 Å². The molecule has 0 bridgehead atoms. The van der Waals surface area contributed by atoms with Gasteiger partial charge in [0.15, 0.2) is 0 Å². The second-order valence-electron chi connectivity index (χ2n) is 6.29. The van der Waals surface area contributed by atoms with E-state index in [0.29, 0.717) is 12.0 Å². The Kier molecular flexibility index (Phi) is 4.28. The summed E-state index contributed by atoms with van der Waals surface area (Å²) in [6, 6.07) is 6.64. The molecule has 0 spiro atoms. The van der Waals surface area contributed by atoms with Gasteiger partial charge in [0.2, 0.25) is 0 Å². The zero-order valence-corrected chi connectivity index (χ0v) is 12.6. The summed E-state index contributed by atoms with van der Waals surface area (Å²) in [4.78, 5) is 14.8. The third-order valence-corrected chi connectivity index (χ3v) is 3.66. The molecule has 2 nitrogen and oxygen atoms in total. The molecule has 1 aliphatic carbocycles. The van der Waals surface area contributed by atoms with Gasteiger partial charge in [-0.25, -0.2) is 0 Å². The molecule has 0 unspecified atom stereocenters. The first-order chi connectivity index (χ1) is 8.97. The Balaban J connectivity index is 2.14.